The van der Waals surface area contributed by atoms with Crippen LogP contribution in [0.15, 0.2) is 54.7 Å². The number of amides is 1. The van der Waals surface area contributed by atoms with Gasteiger partial charge in [0.25, 0.3) is 0 Å². The van der Waals surface area contributed by atoms with E-state index in [1.807, 2.05) is 0 Å². The third-order valence-electron chi connectivity index (χ3n) is 8.23. The highest BCUT2D eigenvalue weighted by Crippen LogP contribution is 2.61. The number of anilines is 1. The van der Waals surface area contributed by atoms with Gasteiger partial charge in [-0.2, -0.15) is 0 Å². The normalized spacial score (nSPS) is 26.6. The van der Waals surface area contributed by atoms with Crippen LogP contribution in [0.3, 0.4) is 0 Å². The summed E-state index contributed by atoms with van der Waals surface area (Å²) in [5.41, 5.74) is 3.25. The molecule has 4 bridgehead atoms. The Hall–Kier alpha value is -3.15. The summed E-state index contributed by atoms with van der Waals surface area (Å²) in [4.78, 5) is 22.5. The molecule has 4 aliphatic rings. The summed E-state index contributed by atoms with van der Waals surface area (Å²) in [6.07, 6.45) is 10.3. The minimum atomic E-state index is -0.325. The number of hydrogen-bond donors (Lipinski definition) is 1. The van der Waals surface area contributed by atoms with Crippen LogP contribution >= 0.6 is 0 Å². The maximum absolute atomic E-state index is 13.5. The maximum atomic E-state index is 13.5. The molecule has 1 amide bonds. The molecule has 4 nitrogen and oxygen atoms in total. The molecule has 3 aromatic rings. The summed E-state index contributed by atoms with van der Waals surface area (Å²) in [5.74, 6) is 2.11. The molecule has 4 saturated carbocycles. The van der Waals surface area contributed by atoms with Crippen molar-refractivity contribution in [3.05, 3.63) is 77.6 Å². The predicted octanol–water partition coefficient (Wildman–Crippen LogP) is 6.36. The number of hydrogen-bond acceptors (Lipinski definition) is 3. The second kappa shape index (κ2) is 8.81. The molecule has 1 aromatic heterocycles. The number of nitrogens with zero attached hydrogens (tertiary/aromatic N) is 2. The van der Waals surface area contributed by atoms with Gasteiger partial charge in [0.1, 0.15) is 11.6 Å². The number of nitrogens with one attached hydrogen (secondary N) is 1. The molecule has 4 fully saturated rings. The highest BCUT2D eigenvalue weighted by atomic mass is 19.1. The van der Waals surface area contributed by atoms with Crippen LogP contribution in [0.25, 0.3) is 11.3 Å². The van der Waals surface area contributed by atoms with Gasteiger partial charge in [-0.25, -0.2) is 18.7 Å². The number of benzene rings is 2. The van der Waals surface area contributed by atoms with Crippen molar-refractivity contribution in [1.29, 1.82) is 0 Å². The molecule has 6 heteroatoms. The molecule has 0 radical (unpaired) electrons. The fourth-order valence-corrected chi connectivity index (χ4v) is 7.24. The SMILES string of the molecule is O=C(Cc1ccc(F)cc1)Nc1ncc(-c2ccc(F)cc2)nc1CC12CC3CC(CC(C3)C1)C2. The van der Waals surface area contributed by atoms with Crippen LogP contribution in [0, 0.1) is 34.8 Å². The van der Waals surface area contributed by atoms with Gasteiger partial charge in [0.05, 0.1) is 24.0 Å². The largest absolute Gasteiger partial charge is 0.309 e. The van der Waals surface area contributed by atoms with E-state index in [0.29, 0.717) is 11.5 Å². The lowest BCUT2D eigenvalue weighted by Crippen LogP contribution is -2.47. The molecule has 2 aromatic carbocycles. The van der Waals surface area contributed by atoms with Gasteiger partial charge in [-0.15, -0.1) is 0 Å². The Kier molecular flexibility index (Phi) is 5.62. The van der Waals surface area contributed by atoms with Gasteiger partial charge in [0.2, 0.25) is 5.91 Å². The minimum absolute atomic E-state index is 0.137. The van der Waals surface area contributed by atoms with E-state index in [1.165, 1.54) is 62.8 Å². The van der Waals surface area contributed by atoms with E-state index in [4.69, 9.17) is 4.98 Å². The van der Waals surface area contributed by atoms with Crippen molar-refractivity contribution in [1.82, 2.24) is 9.97 Å². The van der Waals surface area contributed by atoms with Crippen molar-refractivity contribution in [2.24, 2.45) is 23.2 Å². The van der Waals surface area contributed by atoms with E-state index in [1.54, 1.807) is 30.5 Å². The van der Waals surface area contributed by atoms with Crippen LogP contribution in [0.4, 0.5) is 14.6 Å². The van der Waals surface area contributed by atoms with E-state index in [0.717, 1.165) is 41.0 Å². The lowest BCUT2D eigenvalue weighted by atomic mass is 9.48. The zero-order valence-corrected chi connectivity index (χ0v) is 19.6. The summed E-state index contributed by atoms with van der Waals surface area (Å²) >= 11 is 0. The van der Waals surface area contributed by atoms with E-state index in [-0.39, 0.29) is 29.4 Å². The predicted molar refractivity (Wildman–Crippen MR) is 130 cm³/mol. The molecule has 7 rings (SSSR count). The Bertz CT molecular complexity index is 1200. The highest BCUT2D eigenvalue weighted by molar-refractivity contribution is 5.92. The smallest absolute Gasteiger partial charge is 0.229 e. The molecule has 1 heterocycles. The van der Waals surface area contributed by atoms with Crippen LogP contribution in [-0.2, 0) is 17.6 Å². The zero-order valence-electron chi connectivity index (χ0n) is 19.6. The fourth-order valence-electron chi connectivity index (χ4n) is 7.24. The van der Waals surface area contributed by atoms with Crippen LogP contribution in [0.5, 0.6) is 0 Å². The first-order valence-corrected chi connectivity index (χ1v) is 12.6. The maximum Gasteiger partial charge on any atom is 0.229 e. The summed E-state index contributed by atoms with van der Waals surface area (Å²) in [6.45, 7) is 0. The van der Waals surface area contributed by atoms with Crippen molar-refractivity contribution >= 4 is 11.7 Å². The Balaban J connectivity index is 1.29. The van der Waals surface area contributed by atoms with Crippen LogP contribution in [-0.4, -0.2) is 15.9 Å². The lowest BCUT2D eigenvalue weighted by molar-refractivity contribution is -0.115. The van der Waals surface area contributed by atoms with Crippen molar-refractivity contribution in [3.63, 3.8) is 0 Å². The quantitative estimate of drug-likeness (QED) is 0.453. The first-order valence-electron chi connectivity index (χ1n) is 12.6. The molecule has 0 atom stereocenters. The topological polar surface area (TPSA) is 54.9 Å². The summed E-state index contributed by atoms with van der Waals surface area (Å²) < 4.78 is 26.7. The Labute approximate surface area is 204 Å². The first-order chi connectivity index (χ1) is 16.9. The van der Waals surface area contributed by atoms with Gasteiger partial charge in [0, 0.05) is 5.56 Å². The molecule has 4 aliphatic carbocycles. The molecule has 35 heavy (non-hydrogen) atoms. The Morgan fingerprint density at radius 1 is 0.886 bits per heavy atom. The van der Waals surface area contributed by atoms with Crippen molar-refractivity contribution in [2.45, 2.75) is 51.4 Å². The van der Waals surface area contributed by atoms with Crippen molar-refractivity contribution in [3.8, 4) is 11.3 Å². The standard InChI is InChI=1S/C29H29F2N3O/c30-23-5-1-18(2-6-23)12-27(35)34-28-25(33-26(17-32-28)22-3-7-24(31)8-4-22)16-29-13-19-9-20(14-29)11-21(10-19)15-29/h1-8,17,19-21H,9-16H2,(H,32,34,35). The molecule has 1 N–H and O–H groups in total. The monoisotopic (exact) mass is 473 g/mol. The second-order valence-corrected chi connectivity index (χ2v) is 11.0. The third-order valence-corrected chi connectivity index (χ3v) is 8.23. The van der Waals surface area contributed by atoms with E-state index in [2.05, 4.69) is 10.3 Å². The van der Waals surface area contributed by atoms with Gasteiger partial charge in [-0.1, -0.05) is 12.1 Å². The van der Waals surface area contributed by atoms with Crippen LogP contribution in [0.1, 0.15) is 49.8 Å². The second-order valence-electron chi connectivity index (χ2n) is 11.0. The molecule has 180 valence electrons. The van der Waals surface area contributed by atoms with Crippen molar-refractivity contribution < 1.29 is 13.6 Å². The van der Waals surface area contributed by atoms with Crippen LogP contribution < -0.4 is 5.32 Å². The number of carbonyl (C=O) groups excluding carboxylic acids is 1. The molecular formula is C29H29F2N3O. The molecule has 0 saturated heterocycles. The third kappa shape index (κ3) is 4.71. The summed E-state index contributed by atoms with van der Waals surface area (Å²) in [5, 5.41) is 2.98. The summed E-state index contributed by atoms with van der Waals surface area (Å²) in [7, 11) is 0. The number of carbonyl (C=O) groups is 1. The van der Waals surface area contributed by atoms with E-state index >= 15 is 0 Å². The van der Waals surface area contributed by atoms with E-state index < -0.39 is 0 Å². The number of halogens is 2. The molecule has 0 spiro atoms. The average molecular weight is 474 g/mol. The van der Waals surface area contributed by atoms with Crippen LogP contribution in [0.2, 0.25) is 0 Å². The molecule has 0 unspecified atom stereocenters. The van der Waals surface area contributed by atoms with Gasteiger partial charge in [0.15, 0.2) is 5.82 Å². The van der Waals surface area contributed by atoms with Gasteiger partial charge >= 0.3 is 0 Å². The summed E-state index contributed by atoms with van der Waals surface area (Å²) in [6, 6.07) is 12.2. The molecular weight excluding hydrogens is 444 g/mol. The van der Waals surface area contributed by atoms with Gasteiger partial charge in [-0.05, 0) is 110 Å². The Morgan fingerprint density at radius 2 is 1.46 bits per heavy atom. The van der Waals surface area contributed by atoms with Gasteiger partial charge in [-0.3, -0.25) is 4.79 Å². The van der Waals surface area contributed by atoms with E-state index in [9.17, 15) is 13.6 Å². The van der Waals surface area contributed by atoms with Gasteiger partial charge < -0.3 is 5.32 Å². The number of aromatic nitrogens is 2. The first kappa shape index (κ1) is 22.3. The number of rotatable bonds is 6. The highest BCUT2D eigenvalue weighted by Gasteiger charge is 2.51. The molecule has 0 aliphatic heterocycles. The van der Waals surface area contributed by atoms with Crippen molar-refractivity contribution in [2.75, 3.05) is 5.32 Å². The fraction of sp³-hybridized carbons (Fsp3) is 0.414. The average Bonchev–Trinajstić information content (AvgIpc) is 2.81. The Morgan fingerprint density at radius 3 is 2.06 bits per heavy atom. The zero-order chi connectivity index (χ0) is 24.0. The lowest BCUT2D eigenvalue weighted by Gasteiger charge is -2.57. The minimum Gasteiger partial charge on any atom is -0.309 e.